The van der Waals surface area contributed by atoms with Crippen molar-refractivity contribution in [2.45, 2.75) is 31.1 Å². The van der Waals surface area contributed by atoms with Crippen LogP contribution in [0.25, 0.3) is 10.7 Å². The Balaban J connectivity index is 0.000000344. The summed E-state index contributed by atoms with van der Waals surface area (Å²) in [5.41, 5.74) is 0.761. The number of carbonyl (C=O) groups excluding carboxylic acids is 1. The third kappa shape index (κ3) is 4.86. The lowest BCUT2D eigenvalue weighted by Crippen LogP contribution is -2.56. The lowest BCUT2D eigenvalue weighted by molar-refractivity contribution is -0.192. The summed E-state index contributed by atoms with van der Waals surface area (Å²) in [6, 6.07) is 6.09. The average Bonchev–Trinajstić information content (AvgIpc) is 3.54. The number of thiophene rings is 2. The van der Waals surface area contributed by atoms with E-state index >= 15 is 0 Å². The van der Waals surface area contributed by atoms with Gasteiger partial charge in [0.25, 0.3) is 5.91 Å². The van der Waals surface area contributed by atoms with Crippen molar-refractivity contribution in [3.8, 4) is 10.7 Å². The van der Waals surface area contributed by atoms with E-state index in [0.717, 1.165) is 61.1 Å². The Bertz CT molecular complexity index is 1140. The highest BCUT2D eigenvalue weighted by molar-refractivity contribution is 7.13. The number of alkyl halides is 3. The molecule has 3 aromatic heterocycles. The van der Waals surface area contributed by atoms with Crippen molar-refractivity contribution in [2.24, 2.45) is 0 Å². The van der Waals surface area contributed by atoms with E-state index in [1.54, 1.807) is 22.7 Å². The van der Waals surface area contributed by atoms with Gasteiger partial charge >= 0.3 is 12.1 Å². The van der Waals surface area contributed by atoms with Gasteiger partial charge in [0.15, 0.2) is 5.82 Å². The Morgan fingerprint density at radius 3 is 2.41 bits per heavy atom. The van der Waals surface area contributed by atoms with Gasteiger partial charge in [0.05, 0.1) is 22.5 Å². The molecule has 13 heteroatoms. The van der Waals surface area contributed by atoms with Gasteiger partial charge in [-0.1, -0.05) is 6.07 Å². The maximum atomic E-state index is 12.7. The molecule has 2 aliphatic heterocycles. The highest BCUT2D eigenvalue weighted by Crippen LogP contribution is 2.40. The van der Waals surface area contributed by atoms with Crippen LogP contribution in [-0.2, 0) is 16.9 Å². The highest BCUT2D eigenvalue weighted by atomic mass is 32.1. The second-order valence-electron chi connectivity index (χ2n) is 8.26. The molecule has 1 amide bonds. The van der Waals surface area contributed by atoms with Gasteiger partial charge in [0, 0.05) is 25.0 Å². The number of aliphatic carboxylic acids is 1. The van der Waals surface area contributed by atoms with Crippen molar-refractivity contribution in [1.29, 1.82) is 0 Å². The van der Waals surface area contributed by atoms with Crippen LogP contribution in [0.2, 0.25) is 0 Å². The Labute approximate surface area is 201 Å². The number of aromatic nitrogens is 3. The number of carbonyl (C=O) groups is 2. The molecule has 5 heterocycles. The molecule has 0 atom stereocenters. The topological polar surface area (TPSA) is 91.6 Å². The molecule has 1 saturated heterocycles. The summed E-state index contributed by atoms with van der Waals surface area (Å²) < 4.78 is 34.1. The predicted octanol–water partition coefficient (Wildman–Crippen LogP) is 3.78. The summed E-state index contributed by atoms with van der Waals surface area (Å²) in [6.07, 6.45) is -3.23. The SMILES string of the molecule is CN1Cc2nnc(-c3cccs3)n2C2(CCN(C(=O)c3ccsc3)CC2)C1.O=C(O)C(F)(F)F. The molecule has 1 fully saturated rings. The first-order valence-electron chi connectivity index (χ1n) is 10.4. The van der Waals surface area contributed by atoms with Crippen LogP contribution >= 0.6 is 22.7 Å². The molecule has 34 heavy (non-hydrogen) atoms. The minimum absolute atomic E-state index is 0.0451. The minimum Gasteiger partial charge on any atom is -0.475 e. The zero-order valence-electron chi connectivity index (χ0n) is 18.2. The molecule has 3 aromatic rings. The number of hydrogen-bond donors (Lipinski definition) is 1. The fourth-order valence-electron chi connectivity index (χ4n) is 4.43. The fraction of sp³-hybridized carbons (Fsp3) is 0.429. The molecular weight excluding hydrogens is 491 g/mol. The number of likely N-dealkylation sites (tertiary alicyclic amines) is 1. The summed E-state index contributed by atoms with van der Waals surface area (Å²) in [4.78, 5) is 27.1. The zero-order chi connectivity index (χ0) is 24.5. The third-order valence-electron chi connectivity index (χ3n) is 5.91. The van der Waals surface area contributed by atoms with Crippen LogP contribution in [0, 0.1) is 0 Å². The lowest BCUT2D eigenvalue weighted by atomic mass is 9.84. The number of fused-ring (bicyclic) bond motifs is 2. The zero-order valence-corrected chi connectivity index (χ0v) is 19.8. The van der Waals surface area contributed by atoms with Crippen LogP contribution in [0.15, 0.2) is 34.3 Å². The Hall–Kier alpha value is -2.77. The number of rotatable bonds is 2. The Morgan fingerprint density at radius 1 is 1.15 bits per heavy atom. The van der Waals surface area contributed by atoms with Crippen molar-refractivity contribution < 1.29 is 27.9 Å². The number of carboxylic acid groups (broad SMARTS) is 1. The van der Waals surface area contributed by atoms with Gasteiger partial charge in [-0.2, -0.15) is 24.5 Å². The second kappa shape index (κ2) is 9.47. The maximum Gasteiger partial charge on any atom is 0.490 e. The normalized spacial score (nSPS) is 17.7. The standard InChI is InChI=1S/C19H21N5OS2.C2HF3O2/c1-22-11-16-20-21-17(15-3-2-9-27-15)24(16)19(13-22)5-7-23(8-6-19)18(25)14-4-10-26-12-14;3-2(4,5)1(6)7/h2-4,9-10,12H,5-8,11,13H2,1H3;(H,6,7). The number of piperidine rings is 1. The first-order chi connectivity index (χ1) is 16.1. The minimum atomic E-state index is -5.08. The van der Waals surface area contributed by atoms with E-state index in [9.17, 15) is 18.0 Å². The number of halogens is 3. The maximum absolute atomic E-state index is 12.7. The molecule has 0 aliphatic carbocycles. The van der Waals surface area contributed by atoms with Crippen LogP contribution in [-0.4, -0.2) is 74.4 Å². The molecule has 1 spiro atoms. The van der Waals surface area contributed by atoms with Crippen molar-refractivity contribution in [2.75, 3.05) is 26.7 Å². The van der Waals surface area contributed by atoms with Gasteiger partial charge in [-0.3, -0.25) is 9.69 Å². The summed E-state index contributed by atoms with van der Waals surface area (Å²) in [5.74, 6) is -0.597. The first kappa shape index (κ1) is 24.4. The fourth-order valence-corrected chi connectivity index (χ4v) is 5.76. The molecule has 5 rings (SSSR count). The van der Waals surface area contributed by atoms with E-state index in [1.807, 2.05) is 21.7 Å². The van der Waals surface area contributed by atoms with Crippen LogP contribution in [0.1, 0.15) is 29.0 Å². The van der Waals surface area contributed by atoms with Crippen molar-refractivity contribution in [1.82, 2.24) is 24.6 Å². The third-order valence-corrected chi connectivity index (χ3v) is 7.46. The van der Waals surface area contributed by atoms with E-state index < -0.39 is 12.1 Å². The first-order valence-corrected chi connectivity index (χ1v) is 12.2. The van der Waals surface area contributed by atoms with E-state index in [1.165, 1.54) is 0 Å². The van der Waals surface area contributed by atoms with Gasteiger partial charge in [-0.05, 0) is 42.8 Å². The van der Waals surface area contributed by atoms with Crippen molar-refractivity contribution in [3.05, 3.63) is 45.7 Å². The number of amides is 1. The summed E-state index contributed by atoms with van der Waals surface area (Å²) >= 11 is 3.28. The monoisotopic (exact) mass is 513 g/mol. The number of likely N-dealkylation sites (N-methyl/N-ethyl adjacent to an activating group) is 1. The predicted molar refractivity (Wildman–Crippen MR) is 121 cm³/mol. The van der Waals surface area contributed by atoms with E-state index in [2.05, 4.69) is 44.2 Å². The summed E-state index contributed by atoms with van der Waals surface area (Å²) in [5, 5.41) is 22.2. The van der Waals surface area contributed by atoms with Crippen LogP contribution in [0.5, 0.6) is 0 Å². The van der Waals surface area contributed by atoms with Crippen molar-refractivity contribution >= 4 is 34.6 Å². The van der Waals surface area contributed by atoms with Gasteiger partial charge < -0.3 is 14.6 Å². The van der Waals surface area contributed by atoms with Gasteiger partial charge in [0.2, 0.25) is 0 Å². The lowest BCUT2D eigenvalue weighted by Gasteiger charge is -2.48. The second-order valence-corrected chi connectivity index (χ2v) is 9.98. The van der Waals surface area contributed by atoms with Crippen LogP contribution < -0.4 is 0 Å². The molecule has 0 saturated carbocycles. The molecule has 0 bridgehead atoms. The van der Waals surface area contributed by atoms with Gasteiger partial charge in [-0.15, -0.1) is 21.5 Å². The molecule has 0 aromatic carbocycles. The molecule has 2 aliphatic rings. The van der Waals surface area contributed by atoms with Crippen LogP contribution in [0.4, 0.5) is 13.2 Å². The quantitative estimate of drug-likeness (QED) is 0.561. The smallest absolute Gasteiger partial charge is 0.475 e. The molecule has 8 nitrogen and oxygen atoms in total. The van der Waals surface area contributed by atoms with E-state index in [4.69, 9.17) is 9.90 Å². The molecule has 0 unspecified atom stereocenters. The molecule has 0 radical (unpaired) electrons. The van der Waals surface area contributed by atoms with Crippen molar-refractivity contribution in [3.63, 3.8) is 0 Å². The average molecular weight is 514 g/mol. The molecular formula is C21H22F3N5O3S2. The van der Waals surface area contributed by atoms with E-state index in [-0.39, 0.29) is 11.4 Å². The molecule has 1 N–H and O–H groups in total. The van der Waals surface area contributed by atoms with Gasteiger partial charge in [0.1, 0.15) is 5.82 Å². The summed E-state index contributed by atoms with van der Waals surface area (Å²) in [6.45, 7) is 3.32. The Morgan fingerprint density at radius 2 is 1.85 bits per heavy atom. The number of hydrogen-bond acceptors (Lipinski definition) is 7. The van der Waals surface area contributed by atoms with E-state index in [0.29, 0.717) is 0 Å². The largest absolute Gasteiger partial charge is 0.490 e. The summed E-state index contributed by atoms with van der Waals surface area (Å²) in [7, 11) is 2.15. The van der Waals surface area contributed by atoms with Gasteiger partial charge in [-0.25, -0.2) is 4.79 Å². The number of nitrogens with zero attached hydrogens (tertiary/aromatic N) is 5. The number of carboxylic acids is 1. The molecule has 182 valence electrons. The Kier molecular flexibility index (Phi) is 6.78. The van der Waals surface area contributed by atoms with Crippen LogP contribution in [0.3, 0.4) is 0 Å². The highest BCUT2D eigenvalue weighted by Gasteiger charge is 2.44.